The molecule has 2 aromatic heterocycles. The van der Waals surface area contributed by atoms with Gasteiger partial charge >= 0.3 is 0 Å². The van der Waals surface area contributed by atoms with Gasteiger partial charge in [0.25, 0.3) is 5.91 Å². The second kappa shape index (κ2) is 6.78. The number of carbonyl (C=O) groups is 1. The van der Waals surface area contributed by atoms with Crippen molar-refractivity contribution in [3.05, 3.63) is 46.0 Å². The summed E-state index contributed by atoms with van der Waals surface area (Å²) in [5.41, 5.74) is 5.30. The van der Waals surface area contributed by atoms with Crippen molar-refractivity contribution in [1.29, 1.82) is 0 Å². The summed E-state index contributed by atoms with van der Waals surface area (Å²) in [5.74, 6) is 6.45. The topological polar surface area (TPSA) is 68.3 Å². The first-order chi connectivity index (χ1) is 9.29. The first kappa shape index (κ1) is 13.4. The van der Waals surface area contributed by atoms with E-state index < -0.39 is 0 Å². The second-order valence-electron chi connectivity index (χ2n) is 3.76. The molecule has 0 unspecified atom stereocenters. The molecule has 0 aliphatic heterocycles. The predicted molar refractivity (Wildman–Crippen MR) is 75.0 cm³/mol. The minimum absolute atomic E-state index is 0.0858. The number of nitrogens with two attached hydrogens (primary N) is 1. The van der Waals surface area contributed by atoms with Gasteiger partial charge in [-0.1, -0.05) is 11.8 Å². The van der Waals surface area contributed by atoms with Gasteiger partial charge in [-0.2, -0.15) is 0 Å². The Hall–Kier alpha value is -2.03. The van der Waals surface area contributed by atoms with Gasteiger partial charge in [0.05, 0.1) is 22.6 Å². The van der Waals surface area contributed by atoms with Crippen molar-refractivity contribution in [3.63, 3.8) is 0 Å². The molecule has 0 atom stereocenters. The van der Waals surface area contributed by atoms with Crippen LogP contribution < -0.4 is 11.1 Å². The van der Waals surface area contributed by atoms with E-state index in [0.29, 0.717) is 24.4 Å². The first-order valence-corrected chi connectivity index (χ1v) is 6.70. The highest BCUT2D eigenvalue weighted by Gasteiger charge is 2.08. The lowest BCUT2D eigenvalue weighted by molar-refractivity contribution is 0.0958. The van der Waals surface area contributed by atoms with E-state index in [4.69, 9.17) is 10.2 Å². The molecule has 0 spiro atoms. The van der Waals surface area contributed by atoms with Crippen LogP contribution in [0.1, 0.15) is 20.3 Å². The SMILES string of the molecule is NCC#Cc1ccc(C(=O)NCCc2ccco2)s1. The Morgan fingerprint density at radius 3 is 3.05 bits per heavy atom. The lowest BCUT2D eigenvalue weighted by atomic mass is 10.3. The highest BCUT2D eigenvalue weighted by Crippen LogP contribution is 2.15. The van der Waals surface area contributed by atoms with E-state index in [2.05, 4.69) is 17.2 Å². The van der Waals surface area contributed by atoms with E-state index in [9.17, 15) is 4.79 Å². The Labute approximate surface area is 115 Å². The molecular weight excluding hydrogens is 260 g/mol. The Balaban J connectivity index is 1.84. The monoisotopic (exact) mass is 274 g/mol. The fourth-order valence-electron chi connectivity index (χ4n) is 1.51. The summed E-state index contributed by atoms with van der Waals surface area (Å²) in [6.45, 7) is 0.872. The van der Waals surface area contributed by atoms with Crippen molar-refractivity contribution in [2.45, 2.75) is 6.42 Å². The molecule has 19 heavy (non-hydrogen) atoms. The third-order valence-corrected chi connectivity index (χ3v) is 3.38. The van der Waals surface area contributed by atoms with Crippen LogP contribution in [0.5, 0.6) is 0 Å². The predicted octanol–water partition coefficient (Wildman–Crippen LogP) is 1.62. The van der Waals surface area contributed by atoms with Gasteiger partial charge in [-0.05, 0) is 24.3 Å². The number of carbonyl (C=O) groups excluding carboxylic acids is 1. The summed E-state index contributed by atoms with van der Waals surface area (Å²) in [6.07, 6.45) is 2.31. The maximum atomic E-state index is 11.9. The standard InChI is InChI=1S/C14H14N2O2S/c15-8-1-4-12-5-6-13(19-12)14(17)16-9-7-11-3-2-10-18-11/h2-3,5-6,10H,7-9,15H2,(H,16,17). The Morgan fingerprint density at radius 1 is 1.42 bits per heavy atom. The van der Waals surface area contributed by atoms with E-state index >= 15 is 0 Å². The van der Waals surface area contributed by atoms with Crippen LogP contribution in [-0.4, -0.2) is 19.0 Å². The molecule has 2 heterocycles. The van der Waals surface area contributed by atoms with Gasteiger partial charge in [-0.3, -0.25) is 4.79 Å². The normalized spacial score (nSPS) is 9.74. The Morgan fingerprint density at radius 2 is 2.32 bits per heavy atom. The summed E-state index contributed by atoms with van der Waals surface area (Å²) in [7, 11) is 0. The van der Waals surface area contributed by atoms with Crippen LogP contribution in [-0.2, 0) is 6.42 Å². The van der Waals surface area contributed by atoms with Gasteiger partial charge < -0.3 is 15.5 Å². The number of thiophene rings is 1. The third kappa shape index (κ3) is 3.98. The molecule has 0 radical (unpaired) electrons. The molecule has 2 rings (SSSR count). The minimum Gasteiger partial charge on any atom is -0.469 e. The van der Waals surface area contributed by atoms with Crippen LogP contribution in [0.15, 0.2) is 34.9 Å². The molecule has 98 valence electrons. The fraction of sp³-hybridized carbons (Fsp3) is 0.214. The molecule has 0 bridgehead atoms. The largest absolute Gasteiger partial charge is 0.469 e. The zero-order valence-electron chi connectivity index (χ0n) is 10.3. The highest BCUT2D eigenvalue weighted by molar-refractivity contribution is 7.14. The molecule has 0 aromatic carbocycles. The number of rotatable bonds is 4. The van der Waals surface area contributed by atoms with E-state index in [-0.39, 0.29) is 5.91 Å². The van der Waals surface area contributed by atoms with E-state index in [1.807, 2.05) is 18.2 Å². The van der Waals surface area contributed by atoms with Crippen molar-refractivity contribution >= 4 is 17.2 Å². The van der Waals surface area contributed by atoms with Gasteiger partial charge in [0.1, 0.15) is 5.76 Å². The highest BCUT2D eigenvalue weighted by atomic mass is 32.1. The molecule has 0 aliphatic carbocycles. The quantitative estimate of drug-likeness (QED) is 0.833. The smallest absolute Gasteiger partial charge is 0.261 e. The van der Waals surface area contributed by atoms with E-state index in [0.717, 1.165) is 10.6 Å². The average molecular weight is 274 g/mol. The fourth-order valence-corrected chi connectivity index (χ4v) is 2.30. The number of amides is 1. The number of nitrogens with one attached hydrogen (secondary N) is 1. The van der Waals surface area contributed by atoms with Crippen molar-refractivity contribution in [2.24, 2.45) is 5.73 Å². The molecular formula is C14H14N2O2S. The molecule has 3 N–H and O–H groups in total. The zero-order chi connectivity index (χ0) is 13.5. The maximum Gasteiger partial charge on any atom is 0.261 e. The van der Waals surface area contributed by atoms with Gasteiger partial charge in [0.2, 0.25) is 0 Å². The van der Waals surface area contributed by atoms with Crippen LogP contribution in [0.3, 0.4) is 0 Å². The van der Waals surface area contributed by atoms with Gasteiger partial charge in [-0.15, -0.1) is 11.3 Å². The van der Waals surface area contributed by atoms with Crippen LogP contribution in [0.4, 0.5) is 0 Å². The molecule has 4 nitrogen and oxygen atoms in total. The van der Waals surface area contributed by atoms with Crippen molar-refractivity contribution in [2.75, 3.05) is 13.1 Å². The van der Waals surface area contributed by atoms with Crippen molar-refractivity contribution in [3.8, 4) is 11.8 Å². The molecule has 0 saturated heterocycles. The zero-order valence-corrected chi connectivity index (χ0v) is 11.1. The summed E-state index contributed by atoms with van der Waals surface area (Å²) < 4.78 is 5.19. The van der Waals surface area contributed by atoms with Gasteiger partial charge in [0.15, 0.2) is 0 Å². The lowest BCUT2D eigenvalue weighted by Gasteiger charge is -2.01. The van der Waals surface area contributed by atoms with Crippen molar-refractivity contribution in [1.82, 2.24) is 5.32 Å². The Kier molecular flexibility index (Phi) is 4.78. The van der Waals surface area contributed by atoms with E-state index in [1.165, 1.54) is 11.3 Å². The average Bonchev–Trinajstić information content (AvgIpc) is 3.07. The van der Waals surface area contributed by atoms with Crippen LogP contribution in [0.25, 0.3) is 0 Å². The van der Waals surface area contributed by atoms with Crippen molar-refractivity contribution < 1.29 is 9.21 Å². The molecule has 0 aliphatic rings. The molecule has 0 fully saturated rings. The molecule has 0 saturated carbocycles. The summed E-state index contributed by atoms with van der Waals surface area (Å²) in [4.78, 5) is 13.4. The maximum absolute atomic E-state index is 11.9. The summed E-state index contributed by atoms with van der Waals surface area (Å²) in [5, 5.41) is 2.85. The summed E-state index contributed by atoms with van der Waals surface area (Å²) >= 11 is 1.36. The third-order valence-electron chi connectivity index (χ3n) is 2.38. The van der Waals surface area contributed by atoms with Gasteiger partial charge in [0, 0.05) is 13.0 Å². The summed E-state index contributed by atoms with van der Waals surface area (Å²) in [6, 6.07) is 7.32. The number of hydrogen-bond acceptors (Lipinski definition) is 4. The van der Waals surface area contributed by atoms with Crippen LogP contribution in [0.2, 0.25) is 0 Å². The van der Waals surface area contributed by atoms with Crippen LogP contribution >= 0.6 is 11.3 Å². The number of hydrogen-bond donors (Lipinski definition) is 2. The molecule has 5 heteroatoms. The lowest BCUT2D eigenvalue weighted by Crippen LogP contribution is -2.24. The van der Waals surface area contributed by atoms with Crippen LogP contribution in [0, 0.1) is 11.8 Å². The number of furan rings is 1. The van der Waals surface area contributed by atoms with E-state index in [1.54, 1.807) is 12.3 Å². The first-order valence-electron chi connectivity index (χ1n) is 5.89. The molecule has 1 amide bonds. The minimum atomic E-state index is -0.0858. The second-order valence-corrected chi connectivity index (χ2v) is 4.84. The Bertz CT molecular complexity index is 590. The van der Waals surface area contributed by atoms with Gasteiger partial charge in [-0.25, -0.2) is 0 Å². The molecule has 2 aromatic rings.